The van der Waals surface area contributed by atoms with Gasteiger partial charge in [0, 0.05) is 5.54 Å². The molecular formula is C17H27N. The maximum atomic E-state index is 6.65. The molecule has 0 amide bonds. The molecule has 1 aliphatic carbocycles. The Morgan fingerprint density at radius 1 is 1.17 bits per heavy atom. The molecule has 0 bridgehead atoms. The maximum Gasteiger partial charge on any atom is 0.0195 e. The molecule has 2 N–H and O–H groups in total. The maximum absolute atomic E-state index is 6.65. The Balaban J connectivity index is 2.00. The largest absolute Gasteiger partial charge is 0.325 e. The number of rotatable bonds is 3. The molecule has 18 heavy (non-hydrogen) atoms. The van der Waals surface area contributed by atoms with Gasteiger partial charge in [-0.05, 0) is 44.1 Å². The van der Waals surface area contributed by atoms with Gasteiger partial charge in [-0.15, -0.1) is 0 Å². The van der Waals surface area contributed by atoms with E-state index in [2.05, 4.69) is 38.1 Å². The highest BCUT2D eigenvalue weighted by atomic mass is 14.7. The molecule has 1 saturated carbocycles. The third-order valence-electron chi connectivity index (χ3n) is 4.59. The van der Waals surface area contributed by atoms with Crippen molar-refractivity contribution in [2.24, 2.45) is 11.7 Å². The van der Waals surface area contributed by atoms with E-state index in [0.29, 0.717) is 0 Å². The van der Waals surface area contributed by atoms with Crippen molar-refractivity contribution in [3.05, 3.63) is 35.4 Å². The lowest BCUT2D eigenvalue weighted by atomic mass is 9.84. The normalized spacial score (nSPS) is 28.9. The average Bonchev–Trinajstić information content (AvgIpc) is 2.54. The molecule has 1 fully saturated rings. The number of hydrogen-bond acceptors (Lipinski definition) is 1. The van der Waals surface area contributed by atoms with Crippen molar-refractivity contribution in [1.29, 1.82) is 0 Å². The highest BCUT2D eigenvalue weighted by molar-refractivity contribution is 5.23. The summed E-state index contributed by atoms with van der Waals surface area (Å²) in [4.78, 5) is 0. The second-order valence-corrected chi connectivity index (χ2v) is 6.23. The molecule has 0 heterocycles. The fraction of sp³-hybridized carbons (Fsp3) is 0.647. The van der Waals surface area contributed by atoms with Crippen LogP contribution < -0.4 is 5.73 Å². The Labute approximate surface area is 112 Å². The summed E-state index contributed by atoms with van der Waals surface area (Å²) in [6, 6.07) is 8.88. The van der Waals surface area contributed by atoms with Crippen LogP contribution in [0, 0.1) is 12.8 Å². The van der Waals surface area contributed by atoms with E-state index in [-0.39, 0.29) is 5.54 Å². The molecule has 0 aromatic heterocycles. The lowest BCUT2D eigenvalue weighted by Crippen LogP contribution is -2.41. The van der Waals surface area contributed by atoms with Gasteiger partial charge in [-0.25, -0.2) is 0 Å². The summed E-state index contributed by atoms with van der Waals surface area (Å²) in [7, 11) is 0. The highest BCUT2D eigenvalue weighted by Gasteiger charge is 2.28. The summed E-state index contributed by atoms with van der Waals surface area (Å²) in [6.45, 7) is 4.45. The van der Waals surface area contributed by atoms with Crippen LogP contribution in [0.3, 0.4) is 0 Å². The lowest BCUT2D eigenvalue weighted by molar-refractivity contribution is 0.358. The summed E-state index contributed by atoms with van der Waals surface area (Å²) >= 11 is 0. The topological polar surface area (TPSA) is 26.0 Å². The Kier molecular flexibility index (Phi) is 4.45. The molecule has 0 spiro atoms. The van der Waals surface area contributed by atoms with Gasteiger partial charge in [-0.2, -0.15) is 0 Å². The van der Waals surface area contributed by atoms with E-state index in [0.717, 1.165) is 12.3 Å². The third kappa shape index (κ3) is 3.58. The van der Waals surface area contributed by atoms with Crippen molar-refractivity contribution >= 4 is 0 Å². The zero-order valence-corrected chi connectivity index (χ0v) is 11.9. The molecule has 1 aromatic rings. The van der Waals surface area contributed by atoms with Crippen LogP contribution in [-0.4, -0.2) is 5.54 Å². The van der Waals surface area contributed by atoms with Gasteiger partial charge in [0.15, 0.2) is 0 Å². The van der Waals surface area contributed by atoms with Crippen LogP contribution in [0.25, 0.3) is 0 Å². The van der Waals surface area contributed by atoms with Crippen LogP contribution >= 0.6 is 0 Å². The molecule has 2 atom stereocenters. The van der Waals surface area contributed by atoms with Crippen molar-refractivity contribution in [2.45, 2.75) is 64.3 Å². The summed E-state index contributed by atoms with van der Waals surface area (Å²) in [5.41, 5.74) is 9.42. The molecule has 0 aliphatic heterocycles. The zero-order valence-electron chi connectivity index (χ0n) is 11.9. The predicted octanol–water partition coefficient (Wildman–Crippen LogP) is 4.23. The Hall–Kier alpha value is -0.820. The van der Waals surface area contributed by atoms with Crippen LogP contribution in [-0.2, 0) is 6.42 Å². The van der Waals surface area contributed by atoms with Crippen LogP contribution in [0.2, 0.25) is 0 Å². The van der Waals surface area contributed by atoms with Gasteiger partial charge < -0.3 is 5.73 Å². The number of benzene rings is 1. The Morgan fingerprint density at radius 2 is 1.89 bits per heavy atom. The van der Waals surface area contributed by atoms with Crippen LogP contribution in [0.15, 0.2) is 24.3 Å². The first-order valence-electron chi connectivity index (χ1n) is 7.46. The first-order valence-corrected chi connectivity index (χ1v) is 7.46. The Morgan fingerprint density at radius 3 is 2.56 bits per heavy atom. The van der Waals surface area contributed by atoms with Crippen molar-refractivity contribution in [3.63, 3.8) is 0 Å². The molecule has 2 rings (SSSR count). The van der Waals surface area contributed by atoms with E-state index in [1.165, 1.54) is 49.7 Å². The molecule has 1 heteroatoms. The minimum atomic E-state index is 0.0409. The smallest absolute Gasteiger partial charge is 0.0195 e. The van der Waals surface area contributed by atoms with Gasteiger partial charge in [-0.3, -0.25) is 0 Å². The standard InChI is InChI=1S/C17H27N/c1-3-15-5-4-11-17(18,12-10-15)13-16-8-6-14(2)7-9-16/h6-9,15H,3-5,10-13,18H2,1-2H3. The van der Waals surface area contributed by atoms with Crippen LogP contribution in [0.5, 0.6) is 0 Å². The predicted molar refractivity (Wildman–Crippen MR) is 78.7 cm³/mol. The SMILES string of the molecule is CCC1CCCC(N)(Cc2ccc(C)cc2)CC1. The van der Waals surface area contributed by atoms with E-state index in [9.17, 15) is 0 Å². The quantitative estimate of drug-likeness (QED) is 0.793. The Bertz CT molecular complexity index is 368. The molecule has 0 radical (unpaired) electrons. The highest BCUT2D eigenvalue weighted by Crippen LogP contribution is 2.32. The summed E-state index contributed by atoms with van der Waals surface area (Å²) in [5, 5.41) is 0. The second-order valence-electron chi connectivity index (χ2n) is 6.23. The molecule has 0 saturated heterocycles. The fourth-order valence-corrected chi connectivity index (χ4v) is 3.20. The van der Waals surface area contributed by atoms with Crippen molar-refractivity contribution in [2.75, 3.05) is 0 Å². The fourth-order valence-electron chi connectivity index (χ4n) is 3.20. The van der Waals surface area contributed by atoms with Gasteiger partial charge in [0.2, 0.25) is 0 Å². The van der Waals surface area contributed by atoms with Gasteiger partial charge in [0.05, 0.1) is 0 Å². The second kappa shape index (κ2) is 5.88. The van der Waals surface area contributed by atoms with E-state index < -0.39 is 0 Å². The van der Waals surface area contributed by atoms with Crippen molar-refractivity contribution in [1.82, 2.24) is 0 Å². The number of hydrogen-bond donors (Lipinski definition) is 1. The zero-order chi connectivity index (χ0) is 13.0. The van der Waals surface area contributed by atoms with Crippen LogP contribution in [0.4, 0.5) is 0 Å². The van der Waals surface area contributed by atoms with Crippen molar-refractivity contribution < 1.29 is 0 Å². The van der Waals surface area contributed by atoms with E-state index in [1.807, 2.05) is 0 Å². The summed E-state index contributed by atoms with van der Waals surface area (Å²) in [6.07, 6.45) is 8.75. The molecule has 1 aliphatic rings. The summed E-state index contributed by atoms with van der Waals surface area (Å²) in [5.74, 6) is 0.911. The summed E-state index contributed by atoms with van der Waals surface area (Å²) < 4.78 is 0. The van der Waals surface area contributed by atoms with Crippen molar-refractivity contribution in [3.8, 4) is 0 Å². The first-order chi connectivity index (χ1) is 8.61. The first kappa shape index (κ1) is 13.6. The average molecular weight is 245 g/mol. The van der Waals surface area contributed by atoms with E-state index in [4.69, 9.17) is 5.73 Å². The molecule has 2 unspecified atom stereocenters. The number of aryl methyl sites for hydroxylation is 1. The molecule has 100 valence electrons. The minimum absolute atomic E-state index is 0.0409. The molecular weight excluding hydrogens is 218 g/mol. The number of nitrogens with two attached hydrogens (primary N) is 1. The lowest BCUT2D eigenvalue weighted by Gasteiger charge is -2.28. The monoisotopic (exact) mass is 245 g/mol. The van der Waals surface area contributed by atoms with E-state index >= 15 is 0 Å². The van der Waals surface area contributed by atoms with E-state index in [1.54, 1.807) is 0 Å². The van der Waals surface area contributed by atoms with Crippen LogP contribution in [0.1, 0.15) is 56.6 Å². The van der Waals surface area contributed by atoms with Gasteiger partial charge >= 0.3 is 0 Å². The molecule has 1 aromatic carbocycles. The third-order valence-corrected chi connectivity index (χ3v) is 4.59. The minimum Gasteiger partial charge on any atom is -0.325 e. The molecule has 1 nitrogen and oxygen atoms in total. The van der Waals surface area contributed by atoms with Gasteiger partial charge in [0.1, 0.15) is 0 Å². The van der Waals surface area contributed by atoms with Gasteiger partial charge in [-0.1, -0.05) is 56.0 Å². The van der Waals surface area contributed by atoms with Gasteiger partial charge in [0.25, 0.3) is 0 Å².